The van der Waals surface area contributed by atoms with Crippen LogP contribution in [0.4, 0.5) is 5.69 Å². The van der Waals surface area contributed by atoms with E-state index in [1.165, 1.54) is 12.1 Å². The number of aryl methyl sites for hydroxylation is 1. The minimum Gasteiger partial charge on any atom is -0.452 e. The highest BCUT2D eigenvalue weighted by Gasteiger charge is 2.48. The van der Waals surface area contributed by atoms with Crippen LogP contribution in [-0.2, 0) is 19.6 Å². The minimum absolute atomic E-state index is 0.0408. The van der Waals surface area contributed by atoms with Crippen LogP contribution >= 0.6 is 0 Å². The normalized spacial score (nSPS) is 17.0. The number of amides is 2. The van der Waals surface area contributed by atoms with E-state index < -0.39 is 34.4 Å². The van der Waals surface area contributed by atoms with Gasteiger partial charge >= 0.3 is 5.97 Å². The summed E-state index contributed by atoms with van der Waals surface area (Å²) in [5.41, 5.74) is 1.62. The number of nitrogens with one attached hydrogen (secondary N) is 1. The summed E-state index contributed by atoms with van der Waals surface area (Å²) in [4.78, 5) is 36.4. The van der Waals surface area contributed by atoms with Gasteiger partial charge < -0.3 is 10.1 Å². The highest BCUT2D eigenvalue weighted by atomic mass is 32.2. The second-order valence-corrected chi connectivity index (χ2v) is 8.82. The van der Waals surface area contributed by atoms with Gasteiger partial charge in [0.1, 0.15) is 4.90 Å². The van der Waals surface area contributed by atoms with Gasteiger partial charge in [0, 0.05) is 11.7 Å². The minimum atomic E-state index is -3.97. The molecule has 0 bridgehead atoms. The summed E-state index contributed by atoms with van der Waals surface area (Å²) in [6.45, 7) is 1.39. The predicted octanol–water partition coefficient (Wildman–Crippen LogP) is 2.10. The average Bonchev–Trinajstić information content (AvgIpc) is 3.49. The molecule has 2 aromatic rings. The summed E-state index contributed by atoms with van der Waals surface area (Å²) in [6.07, 6.45) is 1.29. The van der Waals surface area contributed by atoms with Crippen LogP contribution in [0.3, 0.4) is 0 Å². The smallest absolute Gasteiger partial charge is 0.338 e. The molecule has 29 heavy (non-hydrogen) atoms. The number of carbonyl (C=O) groups is 3. The van der Waals surface area contributed by atoms with Crippen molar-refractivity contribution in [1.82, 2.24) is 4.31 Å². The molecule has 0 spiro atoms. The zero-order valence-electron chi connectivity index (χ0n) is 15.5. The van der Waals surface area contributed by atoms with Crippen LogP contribution in [0.15, 0.2) is 47.4 Å². The number of rotatable bonds is 5. The third-order valence-corrected chi connectivity index (χ3v) is 6.61. The van der Waals surface area contributed by atoms with E-state index in [0.29, 0.717) is 18.5 Å². The van der Waals surface area contributed by atoms with Gasteiger partial charge in [0.25, 0.3) is 21.8 Å². The van der Waals surface area contributed by atoms with Gasteiger partial charge in [0.2, 0.25) is 0 Å². The lowest BCUT2D eigenvalue weighted by Crippen LogP contribution is -2.31. The Morgan fingerprint density at radius 3 is 2.48 bits per heavy atom. The Hall–Kier alpha value is -3.20. The summed E-state index contributed by atoms with van der Waals surface area (Å²) in [5, 5.41) is 2.60. The molecule has 9 heteroatoms. The van der Waals surface area contributed by atoms with E-state index in [4.69, 9.17) is 4.74 Å². The molecule has 2 aromatic carbocycles. The number of esters is 1. The Balaban J connectivity index is 1.44. The number of sulfonamides is 1. The Morgan fingerprint density at radius 1 is 1.14 bits per heavy atom. The standard InChI is InChI=1S/C20H18N2O6S/c1-12-2-5-14(6-3-12)21-18(23)11-28-20(25)13-4-9-16-17(10-13)29(26,27)22(19(16)24)15-7-8-15/h2-6,9-10,15H,7-8,11H2,1H3,(H,21,23). The lowest BCUT2D eigenvalue weighted by Gasteiger charge is -2.13. The summed E-state index contributed by atoms with van der Waals surface area (Å²) in [7, 11) is -3.97. The molecule has 0 unspecified atom stereocenters. The summed E-state index contributed by atoms with van der Waals surface area (Å²) in [6, 6.07) is 10.6. The van der Waals surface area contributed by atoms with Crippen molar-refractivity contribution in [3.05, 3.63) is 59.2 Å². The summed E-state index contributed by atoms with van der Waals surface area (Å²) >= 11 is 0. The summed E-state index contributed by atoms with van der Waals surface area (Å²) < 4.78 is 31.1. The van der Waals surface area contributed by atoms with Crippen LogP contribution in [0, 0.1) is 6.92 Å². The molecule has 0 saturated heterocycles. The molecule has 2 aliphatic rings. The van der Waals surface area contributed by atoms with Gasteiger partial charge in [-0.25, -0.2) is 17.5 Å². The van der Waals surface area contributed by atoms with Crippen molar-refractivity contribution in [2.45, 2.75) is 30.7 Å². The first-order valence-electron chi connectivity index (χ1n) is 9.04. The number of hydrogen-bond acceptors (Lipinski definition) is 6. The first-order chi connectivity index (χ1) is 13.8. The van der Waals surface area contributed by atoms with E-state index in [9.17, 15) is 22.8 Å². The van der Waals surface area contributed by atoms with Crippen molar-refractivity contribution in [2.24, 2.45) is 0 Å². The second kappa shape index (κ2) is 7.00. The molecule has 1 aliphatic carbocycles. The molecular weight excluding hydrogens is 396 g/mol. The van der Waals surface area contributed by atoms with E-state index >= 15 is 0 Å². The van der Waals surface area contributed by atoms with Gasteiger partial charge in [0.05, 0.1) is 11.1 Å². The maximum Gasteiger partial charge on any atom is 0.338 e. The van der Waals surface area contributed by atoms with Gasteiger partial charge in [-0.2, -0.15) is 0 Å². The number of benzene rings is 2. The molecule has 1 saturated carbocycles. The third-order valence-electron chi connectivity index (χ3n) is 4.73. The lowest BCUT2D eigenvalue weighted by molar-refractivity contribution is -0.119. The zero-order valence-corrected chi connectivity index (χ0v) is 16.4. The molecule has 1 aliphatic heterocycles. The van der Waals surface area contributed by atoms with Crippen molar-refractivity contribution < 1.29 is 27.5 Å². The maximum atomic E-state index is 12.6. The SMILES string of the molecule is Cc1ccc(NC(=O)COC(=O)c2ccc3c(c2)S(=O)(=O)N(C2CC2)C3=O)cc1. The van der Waals surface area contributed by atoms with Gasteiger partial charge in [-0.15, -0.1) is 0 Å². The van der Waals surface area contributed by atoms with Gasteiger partial charge in [0.15, 0.2) is 6.61 Å². The van der Waals surface area contributed by atoms with Crippen molar-refractivity contribution >= 4 is 33.5 Å². The fraction of sp³-hybridized carbons (Fsp3) is 0.250. The number of hydrogen-bond donors (Lipinski definition) is 1. The number of ether oxygens (including phenoxy) is 1. The number of anilines is 1. The highest BCUT2D eigenvalue weighted by Crippen LogP contribution is 2.39. The van der Waals surface area contributed by atoms with Crippen LogP contribution in [0.5, 0.6) is 0 Å². The van der Waals surface area contributed by atoms with E-state index in [1.54, 1.807) is 12.1 Å². The van der Waals surface area contributed by atoms with E-state index in [2.05, 4.69) is 5.32 Å². The highest BCUT2D eigenvalue weighted by molar-refractivity contribution is 7.90. The second-order valence-electron chi connectivity index (χ2n) is 7.04. The number of fused-ring (bicyclic) bond motifs is 1. The van der Waals surface area contributed by atoms with E-state index in [1.807, 2.05) is 19.1 Å². The van der Waals surface area contributed by atoms with Crippen molar-refractivity contribution in [2.75, 3.05) is 11.9 Å². The molecule has 1 N–H and O–H groups in total. The summed E-state index contributed by atoms with van der Waals surface area (Å²) in [5.74, 6) is -1.94. The van der Waals surface area contributed by atoms with Gasteiger partial charge in [-0.3, -0.25) is 9.59 Å². The van der Waals surface area contributed by atoms with Crippen molar-refractivity contribution in [1.29, 1.82) is 0 Å². The molecule has 1 heterocycles. The topological polar surface area (TPSA) is 110 Å². The molecule has 1 fully saturated rings. The molecule has 4 rings (SSSR count). The van der Waals surface area contributed by atoms with Crippen LogP contribution in [-0.4, -0.2) is 43.2 Å². The molecule has 0 aromatic heterocycles. The fourth-order valence-corrected chi connectivity index (χ4v) is 4.93. The van der Waals surface area contributed by atoms with E-state index in [0.717, 1.165) is 15.9 Å². The molecular formula is C20H18N2O6S. The average molecular weight is 414 g/mol. The Kier molecular flexibility index (Phi) is 4.62. The molecule has 8 nitrogen and oxygen atoms in total. The largest absolute Gasteiger partial charge is 0.452 e. The predicted molar refractivity (Wildman–Crippen MR) is 103 cm³/mol. The van der Waals surface area contributed by atoms with Crippen LogP contribution in [0.1, 0.15) is 39.1 Å². The maximum absolute atomic E-state index is 12.6. The van der Waals surface area contributed by atoms with Crippen LogP contribution in [0.2, 0.25) is 0 Å². The first kappa shape index (κ1) is 19.1. The molecule has 2 amide bonds. The van der Waals surface area contributed by atoms with Crippen LogP contribution < -0.4 is 5.32 Å². The lowest BCUT2D eigenvalue weighted by atomic mass is 10.1. The van der Waals surface area contributed by atoms with Gasteiger partial charge in [-0.05, 0) is 50.1 Å². The number of carbonyl (C=O) groups excluding carboxylic acids is 3. The van der Waals surface area contributed by atoms with Gasteiger partial charge in [-0.1, -0.05) is 17.7 Å². The fourth-order valence-electron chi connectivity index (χ4n) is 3.09. The molecule has 0 radical (unpaired) electrons. The first-order valence-corrected chi connectivity index (χ1v) is 10.5. The number of nitrogens with zero attached hydrogens (tertiary/aromatic N) is 1. The third kappa shape index (κ3) is 3.61. The molecule has 150 valence electrons. The zero-order chi connectivity index (χ0) is 20.8. The monoisotopic (exact) mass is 414 g/mol. The Morgan fingerprint density at radius 2 is 1.83 bits per heavy atom. The quantitative estimate of drug-likeness (QED) is 0.751. The van der Waals surface area contributed by atoms with Crippen molar-refractivity contribution in [3.8, 4) is 0 Å². The Labute approximate surface area is 167 Å². The van der Waals surface area contributed by atoms with Crippen LogP contribution in [0.25, 0.3) is 0 Å². The molecule has 0 atom stereocenters. The van der Waals surface area contributed by atoms with Crippen molar-refractivity contribution in [3.63, 3.8) is 0 Å². The van der Waals surface area contributed by atoms with E-state index in [-0.39, 0.29) is 22.1 Å². The Bertz CT molecular complexity index is 1120.